The number of hydrogen-bond acceptors (Lipinski definition) is 1. The molecule has 0 aliphatic heterocycles. The maximum Gasteiger partial charge on any atom is 0.144 e. The smallest absolute Gasteiger partial charge is 0.144 e. The molecule has 1 heterocycles. The maximum absolute atomic E-state index is 13.5. The molecular formula is C14H17Cl2FN2. The number of rotatable bonds is 4. The van der Waals surface area contributed by atoms with Crippen LogP contribution in [0, 0.1) is 11.7 Å². The van der Waals surface area contributed by atoms with Gasteiger partial charge < -0.3 is 4.57 Å². The SMILES string of the molecule is CC(C)C(C)n1c(CCCl)nc2cc(F)c(Cl)cc21. The lowest BCUT2D eigenvalue weighted by Gasteiger charge is -2.21. The molecule has 0 aliphatic carbocycles. The van der Waals surface area contributed by atoms with Crippen LogP contribution in [0.25, 0.3) is 11.0 Å². The van der Waals surface area contributed by atoms with E-state index in [0.717, 1.165) is 11.3 Å². The number of halogens is 3. The zero-order valence-electron chi connectivity index (χ0n) is 11.3. The summed E-state index contributed by atoms with van der Waals surface area (Å²) < 4.78 is 15.6. The van der Waals surface area contributed by atoms with Crippen molar-refractivity contribution in [2.45, 2.75) is 33.2 Å². The normalized spacial score (nSPS) is 13.4. The number of fused-ring (bicyclic) bond motifs is 1. The minimum absolute atomic E-state index is 0.127. The first-order valence-corrected chi connectivity index (χ1v) is 7.28. The summed E-state index contributed by atoms with van der Waals surface area (Å²) in [7, 11) is 0. The fourth-order valence-electron chi connectivity index (χ4n) is 2.15. The van der Waals surface area contributed by atoms with Crippen LogP contribution in [0.15, 0.2) is 12.1 Å². The van der Waals surface area contributed by atoms with E-state index in [2.05, 4.69) is 30.3 Å². The molecule has 2 aromatic rings. The fraction of sp³-hybridized carbons (Fsp3) is 0.500. The van der Waals surface area contributed by atoms with Gasteiger partial charge in [-0.3, -0.25) is 0 Å². The van der Waals surface area contributed by atoms with E-state index in [1.54, 1.807) is 6.07 Å². The van der Waals surface area contributed by atoms with Crippen molar-refractivity contribution in [3.63, 3.8) is 0 Å². The predicted octanol–water partition coefficient (Wildman–Crippen LogP) is 4.83. The molecular weight excluding hydrogens is 286 g/mol. The second-order valence-electron chi connectivity index (χ2n) is 5.08. The van der Waals surface area contributed by atoms with Crippen molar-refractivity contribution in [3.05, 3.63) is 28.8 Å². The van der Waals surface area contributed by atoms with Gasteiger partial charge in [-0.2, -0.15) is 0 Å². The zero-order chi connectivity index (χ0) is 14.2. The summed E-state index contributed by atoms with van der Waals surface area (Å²) in [6.07, 6.45) is 0.659. The third kappa shape index (κ3) is 2.72. The van der Waals surface area contributed by atoms with Crippen LogP contribution in [-0.2, 0) is 6.42 Å². The lowest BCUT2D eigenvalue weighted by molar-refractivity contribution is 0.406. The monoisotopic (exact) mass is 302 g/mol. The minimum atomic E-state index is -0.437. The zero-order valence-corrected chi connectivity index (χ0v) is 12.8. The Bertz CT molecular complexity index is 593. The Morgan fingerprint density at radius 1 is 1.32 bits per heavy atom. The second-order valence-corrected chi connectivity index (χ2v) is 5.86. The fourth-order valence-corrected chi connectivity index (χ4v) is 2.48. The van der Waals surface area contributed by atoms with Crippen LogP contribution in [-0.4, -0.2) is 15.4 Å². The first-order chi connectivity index (χ1) is 8.95. The predicted molar refractivity (Wildman–Crippen MR) is 78.7 cm³/mol. The average Bonchev–Trinajstić information content (AvgIpc) is 2.66. The molecule has 1 atom stereocenters. The van der Waals surface area contributed by atoms with Crippen molar-refractivity contribution in [2.24, 2.45) is 5.92 Å². The molecule has 0 N–H and O–H groups in total. The molecule has 0 fully saturated rings. The van der Waals surface area contributed by atoms with Crippen molar-refractivity contribution >= 4 is 34.2 Å². The van der Waals surface area contributed by atoms with Crippen LogP contribution in [0.4, 0.5) is 4.39 Å². The summed E-state index contributed by atoms with van der Waals surface area (Å²) in [6, 6.07) is 3.29. The van der Waals surface area contributed by atoms with Crippen LogP contribution >= 0.6 is 23.2 Å². The molecule has 1 unspecified atom stereocenters. The molecule has 5 heteroatoms. The molecule has 19 heavy (non-hydrogen) atoms. The van der Waals surface area contributed by atoms with Crippen molar-refractivity contribution < 1.29 is 4.39 Å². The third-order valence-electron chi connectivity index (χ3n) is 3.49. The Balaban J connectivity index is 2.68. The van der Waals surface area contributed by atoms with Gasteiger partial charge in [0.25, 0.3) is 0 Å². The first kappa shape index (κ1) is 14.6. The number of hydrogen-bond donors (Lipinski definition) is 0. The van der Waals surface area contributed by atoms with Crippen LogP contribution < -0.4 is 0 Å². The highest BCUT2D eigenvalue weighted by atomic mass is 35.5. The standard InChI is InChI=1S/C14H17Cl2FN2/c1-8(2)9(3)19-13-6-10(16)11(17)7-12(13)18-14(19)4-5-15/h6-9H,4-5H2,1-3H3. The largest absolute Gasteiger partial charge is 0.325 e. The van der Waals surface area contributed by atoms with E-state index >= 15 is 0 Å². The Morgan fingerprint density at radius 2 is 2.00 bits per heavy atom. The van der Waals surface area contributed by atoms with Crippen LogP contribution in [0.3, 0.4) is 0 Å². The Morgan fingerprint density at radius 3 is 2.58 bits per heavy atom. The maximum atomic E-state index is 13.5. The lowest BCUT2D eigenvalue weighted by atomic mass is 10.1. The molecule has 0 amide bonds. The van der Waals surface area contributed by atoms with E-state index in [9.17, 15) is 4.39 Å². The highest BCUT2D eigenvalue weighted by molar-refractivity contribution is 6.31. The molecule has 1 aromatic heterocycles. The van der Waals surface area contributed by atoms with Gasteiger partial charge in [0, 0.05) is 24.4 Å². The van der Waals surface area contributed by atoms with Crippen molar-refractivity contribution in [3.8, 4) is 0 Å². The summed E-state index contributed by atoms with van der Waals surface area (Å²) in [5.41, 5.74) is 1.50. The molecule has 104 valence electrons. The topological polar surface area (TPSA) is 17.8 Å². The molecule has 0 aliphatic rings. The molecule has 0 saturated carbocycles. The number of imidazole rings is 1. The van der Waals surface area contributed by atoms with Crippen molar-refractivity contribution in [2.75, 3.05) is 5.88 Å². The van der Waals surface area contributed by atoms with Gasteiger partial charge in [-0.25, -0.2) is 9.37 Å². The molecule has 2 rings (SSSR count). The van der Waals surface area contributed by atoms with Gasteiger partial charge in [-0.15, -0.1) is 11.6 Å². The van der Waals surface area contributed by atoms with Crippen LogP contribution in [0.5, 0.6) is 0 Å². The summed E-state index contributed by atoms with van der Waals surface area (Å²) in [5.74, 6) is 1.38. The number of nitrogens with zero attached hydrogens (tertiary/aromatic N) is 2. The number of benzene rings is 1. The van der Waals surface area contributed by atoms with Gasteiger partial charge >= 0.3 is 0 Å². The molecule has 0 spiro atoms. The van der Waals surface area contributed by atoms with Crippen molar-refractivity contribution in [1.82, 2.24) is 9.55 Å². The van der Waals surface area contributed by atoms with E-state index in [0.29, 0.717) is 23.7 Å². The van der Waals surface area contributed by atoms with Crippen LogP contribution in [0.2, 0.25) is 5.02 Å². The summed E-state index contributed by atoms with van der Waals surface area (Å²) in [6.45, 7) is 6.42. The van der Waals surface area contributed by atoms with E-state index in [-0.39, 0.29) is 11.1 Å². The molecule has 0 bridgehead atoms. The van der Waals surface area contributed by atoms with Gasteiger partial charge in [0.1, 0.15) is 11.6 Å². The second kappa shape index (κ2) is 5.68. The van der Waals surface area contributed by atoms with E-state index in [1.165, 1.54) is 6.07 Å². The van der Waals surface area contributed by atoms with Crippen LogP contribution in [0.1, 0.15) is 32.6 Å². The van der Waals surface area contributed by atoms with E-state index < -0.39 is 5.82 Å². The van der Waals surface area contributed by atoms with Gasteiger partial charge in [0.15, 0.2) is 0 Å². The van der Waals surface area contributed by atoms with Gasteiger partial charge in [-0.05, 0) is 18.9 Å². The number of alkyl halides is 1. The number of aryl methyl sites for hydroxylation is 1. The highest BCUT2D eigenvalue weighted by Crippen LogP contribution is 2.29. The first-order valence-electron chi connectivity index (χ1n) is 6.37. The van der Waals surface area contributed by atoms with E-state index in [1.807, 2.05) is 0 Å². The van der Waals surface area contributed by atoms with Gasteiger partial charge in [0.2, 0.25) is 0 Å². The summed E-state index contributed by atoms with van der Waals surface area (Å²) >= 11 is 11.7. The molecule has 0 saturated heterocycles. The van der Waals surface area contributed by atoms with Gasteiger partial charge in [0.05, 0.1) is 16.1 Å². The quantitative estimate of drug-likeness (QED) is 0.740. The number of aromatic nitrogens is 2. The molecule has 1 aromatic carbocycles. The summed E-state index contributed by atoms with van der Waals surface area (Å²) in [4.78, 5) is 4.49. The van der Waals surface area contributed by atoms with Crippen molar-refractivity contribution in [1.29, 1.82) is 0 Å². The summed E-state index contributed by atoms with van der Waals surface area (Å²) in [5, 5.41) is 0.127. The van der Waals surface area contributed by atoms with Gasteiger partial charge in [-0.1, -0.05) is 25.4 Å². The highest BCUT2D eigenvalue weighted by Gasteiger charge is 2.19. The minimum Gasteiger partial charge on any atom is -0.325 e. The molecule has 2 nitrogen and oxygen atoms in total. The average molecular weight is 303 g/mol. The lowest BCUT2D eigenvalue weighted by Crippen LogP contribution is -2.15. The molecule has 0 radical (unpaired) electrons. The van der Waals surface area contributed by atoms with E-state index in [4.69, 9.17) is 23.2 Å². The third-order valence-corrected chi connectivity index (χ3v) is 3.97. The Hall–Kier alpha value is -0.800. The Labute approximate surface area is 122 Å². The Kier molecular flexibility index (Phi) is 4.36.